The Kier molecular flexibility index (Phi) is 3.39. The number of carbonyl (C=O) groups excluding carboxylic acids is 1. The first kappa shape index (κ1) is 12.7. The fourth-order valence-electron chi connectivity index (χ4n) is 2.14. The number of hydrogen-bond acceptors (Lipinski definition) is 3. The Morgan fingerprint density at radius 2 is 2.05 bits per heavy atom. The molecule has 2 aromatic rings. The summed E-state index contributed by atoms with van der Waals surface area (Å²) in [7, 11) is 0. The number of benzene rings is 1. The molecule has 5 nitrogen and oxygen atoms in total. The molecule has 1 aliphatic rings. The van der Waals surface area contributed by atoms with Crippen LogP contribution in [0.4, 0.5) is 14.9 Å². The number of halogens is 1. The van der Waals surface area contributed by atoms with Crippen molar-refractivity contribution in [3.05, 3.63) is 54.2 Å². The second kappa shape index (κ2) is 5.34. The van der Waals surface area contributed by atoms with Crippen molar-refractivity contribution in [2.24, 2.45) is 0 Å². The van der Waals surface area contributed by atoms with E-state index in [0.29, 0.717) is 25.6 Å². The summed E-state index contributed by atoms with van der Waals surface area (Å²) in [5.74, 6) is 0.513. The van der Waals surface area contributed by atoms with Gasteiger partial charge in [0.05, 0.1) is 26.1 Å². The highest BCUT2D eigenvalue weighted by molar-refractivity contribution is 5.92. The van der Waals surface area contributed by atoms with Gasteiger partial charge in [-0.1, -0.05) is 0 Å². The van der Waals surface area contributed by atoms with Crippen LogP contribution in [-0.2, 0) is 6.54 Å². The first-order valence-electron chi connectivity index (χ1n) is 6.28. The van der Waals surface area contributed by atoms with Gasteiger partial charge in [-0.15, -0.1) is 0 Å². The van der Waals surface area contributed by atoms with Crippen LogP contribution < -0.4 is 10.2 Å². The monoisotopic (exact) mass is 275 g/mol. The number of hydrogen-bond donors (Lipinski definition) is 1. The van der Waals surface area contributed by atoms with Gasteiger partial charge in [0.2, 0.25) is 0 Å². The molecule has 20 heavy (non-hydrogen) atoms. The number of carbonyl (C=O) groups is 1. The lowest BCUT2D eigenvalue weighted by atomic mass is 10.3. The highest BCUT2D eigenvalue weighted by atomic mass is 19.1. The topological polar surface area (TPSA) is 48.7 Å². The summed E-state index contributed by atoms with van der Waals surface area (Å²) < 4.78 is 18.2. The molecule has 0 aliphatic carbocycles. The average Bonchev–Trinajstić information content (AvgIpc) is 2.95. The van der Waals surface area contributed by atoms with E-state index in [4.69, 9.17) is 4.42 Å². The van der Waals surface area contributed by atoms with Crippen LogP contribution in [-0.4, -0.2) is 24.3 Å². The second-order valence-corrected chi connectivity index (χ2v) is 4.59. The molecule has 1 aromatic carbocycles. The number of nitrogens with zero attached hydrogens (tertiary/aromatic N) is 2. The number of amides is 2. The molecule has 0 atom stereocenters. The van der Waals surface area contributed by atoms with Gasteiger partial charge in [-0.05, 0) is 36.4 Å². The number of urea groups is 1. The van der Waals surface area contributed by atoms with Crippen LogP contribution in [0.15, 0.2) is 47.1 Å². The van der Waals surface area contributed by atoms with Gasteiger partial charge in [0.1, 0.15) is 11.6 Å². The molecule has 0 spiro atoms. The van der Waals surface area contributed by atoms with Crippen molar-refractivity contribution in [1.82, 2.24) is 10.2 Å². The van der Waals surface area contributed by atoms with Gasteiger partial charge in [-0.3, -0.25) is 9.80 Å². The fourth-order valence-corrected chi connectivity index (χ4v) is 2.14. The van der Waals surface area contributed by atoms with Crippen LogP contribution in [0.3, 0.4) is 0 Å². The standard InChI is InChI=1S/C14H14FN3O2/c15-11-3-5-12(6-4-11)18-10-17(9-16-14(18)19)8-13-2-1-7-20-13/h1-7H,8-10H2,(H,16,19). The zero-order valence-electron chi connectivity index (χ0n) is 10.8. The van der Waals surface area contributed by atoms with Gasteiger partial charge in [0, 0.05) is 5.69 Å². The Morgan fingerprint density at radius 3 is 2.75 bits per heavy atom. The molecule has 0 bridgehead atoms. The van der Waals surface area contributed by atoms with Crippen LogP contribution in [0.1, 0.15) is 5.76 Å². The lowest BCUT2D eigenvalue weighted by Gasteiger charge is -2.35. The third kappa shape index (κ3) is 2.65. The maximum atomic E-state index is 12.9. The summed E-state index contributed by atoms with van der Waals surface area (Å²) in [4.78, 5) is 15.5. The van der Waals surface area contributed by atoms with E-state index >= 15 is 0 Å². The summed E-state index contributed by atoms with van der Waals surface area (Å²) in [5, 5.41) is 2.79. The van der Waals surface area contributed by atoms with Crippen molar-refractivity contribution in [2.45, 2.75) is 6.54 Å². The summed E-state index contributed by atoms with van der Waals surface area (Å²) in [5.41, 5.74) is 0.660. The Hall–Kier alpha value is -2.34. The van der Waals surface area contributed by atoms with Crippen LogP contribution in [0.2, 0.25) is 0 Å². The first-order valence-corrected chi connectivity index (χ1v) is 6.28. The quantitative estimate of drug-likeness (QED) is 0.935. The van der Waals surface area contributed by atoms with E-state index in [1.54, 1.807) is 23.3 Å². The van der Waals surface area contributed by atoms with Crippen LogP contribution in [0.5, 0.6) is 0 Å². The number of anilines is 1. The van der Waals surface area contributed by atoms with E-state index in [-0.39, 0.29) is 11.8 Å². The SMILES string of the molecule is O=C1NCN(Cc2ccco2)CN1c1ccc(F)cc1. The minimum absolute atomic E-state index is 0.188. The van der Waals surface area contributed by atoms with Crippen molar-refractivity contribution < 1.29 is 13.6 Å². The lowest BCUT2D eigenvalue weighted by molar-refractivity contribution is 0.185. The van der Waals surface area contributed by atoms with Crippen LogP contribution in [0, 0.1) is 5.82 Å². The average molecular weight is 275 g/mol. The van der Waals surface area contributed by atoms with Gasteiger partial charge >= 0.3 is 6.03 Å². The molecule has 3 rings (SSSR count). The molecule has 104 valence electrons. The smallest absolute Gasteiger partial charge is 0.323 e. The third-order valence-electron chi connectivity index (χ3n) is 3.14. The maximum absolute atomic E-state index is 12.9. The predicted molar refractivity (Wildman–Crippen MR) is 71.4 cm³/mol. The van der Waals surface area contributed by atoms with E-state index in [1.807, 2.05) is 17.0 Å². The molecular weight excluding hydrogens is 261 g/mol. The maximum Gasteiger partial charge on any atom is 0.323 e. The molecule has 1 saturated heterocycles. The molecule has 2 heterocycles. The summed E-state index contributed by atoms with van der Waals surface area (Å²) in [6.45, 7) is 1.49. The van der Waals surface area contributed by atoms with Crippen molar-refractivity contribution in [3.63, 3.8) is 0 Å². The Balaban J connectivity index is 1.73. The molecule has 0 unspecified atom stereocenters. The van der Waals surface area contributed by atoms with Crippen molar-refractivity contribution in [2.75, 3.05) is 18.2 Å². The zero-order valence-corrected chi connectivity index (χ0v) is 10.8. The third-order valence-corrected chi connectivity index (χ3v) is 3.14. The van der Waals surface area contributed by atoms with E-state index in [1.165, 1.54) is 12.1 Å². The molecule has 1 fully saturated rings. The van der Waals surface area contributed by atoms with Gasteiger partial charge < -0.3 is 9.73 Å². The number of furan rings is 1. The Bertz CT molecular complexity index is 583. The Morgan fingerprint density at radius 1 is 1.25 bits per heavy atom. The highest BCUT2D eigenvalue weighted by Crippen LogP contribution is 2.18. The first-order chi connectivity index (χ1) is 9.72. The Labute approximate surface area is 115 Å². The fraction of sp³-hybridized carbons (Fsp3) is 0.214. The van der Waals surface area contributed by atoms with Gasteiger partial charge in [0.15, 0.2) is 0 Å². The van der Waals surface area contributed by atoms with E-state index in [9.17, 15) is 9.18 Å². The largest absolute Gasteiger partial charge is 0.468 e. The van der Waals surface area contributed by atoms with Gasteiger partial charge in [0.25, 0.3) is 0 Å². The predicted octanol–water partition coefficient (Wildman–Crippen LogP) is 2.37. The molecule has 1 N–H and O–H groups in total. The summed E-state index contributed by atoms with van der Waals surface area (Å²) >= 11 is 0. The molecule has 1 aliphatic heterocycles. The minimum Gasteiger partial charge on any atom is -0.468 e. The van der Waals surface area contributed by atoms with Crippen molar-refractivity contribution in [1.29, 1.82) is 0 Å². The molecule has 0 radical (unpaired) electrons. The molecule has 6 heteroatoms. The highest BCUT2D eigenvalue weighted by Gasteiger charge is 2.24. The molecule has 2 amide bonds. The van der Waals surface area contributed by atoms with E-state index in [2.05, 4.69) is 5.32 Å². The normalized spacial score (nSPS) is 16.2. The van der Waals surface area contributed by atoms with E-state index < -0.39 is 0 Å². The molecular formula is C14H14FN3O2. The van der Waals surface area contributed by atoms with E-state index in [0.717, 1.165) is 5.76 Å². The van der Waals surface area contributed by atoms with Crippen LogP contribution in [0.25, 0.3) is 0 Å². The lowest BCUT2D eigenvalue weighted by Crippen LogP contribution is -2.56. The van der Waals surface area contributed by atoms with Crippen molar-refractivity contribution in [3.8, 4) is 0 Å². The summed E-state index contributed by atoms with van der Waals surface area (Å²) in [6.07, 6.45) is 1.62. The van der Waals surface area contributed by atoms with Crippen LogP contribution >= 0.6 is 0 Å². The van der Waals surface area contributed by atoms with Crippen molar-refractivity contribution >= 4 is 11.7 Å². The number of nitrogens with one attached hydrogen (secondary N) is 1. The minimum atomic E-state index is -0.321. The van der Waals surface area contributed by atoms with Gasteiger partial charge in [-0.25, -0.2) is 9.18 Å². The zero-order chi connectivity index (χ0) is 13.9. The number of rotatable bonds is 3. The summed E-state index contributed by atoms with van der Waals surface area (Å²) in [6, 6.07) is 9.39. The molecule has 1 aromatic heterocycles. The second-order valence-electron chi connectivity index (χ2n) is 4.59. The van der Waals surface area contributed by atoms with Gasteiger partial charge in [-0.2, -0.15) is 0 Å². The molecule has 0 saturated carbocycles.